The summed E-state index contributed by atoms with van der Waals surface area (Å²) in [6.07, 6.45) is 2.39. The van der Waals surface area contributed by atoms with Crippen molar-refractivity contribution >= 4 is 0 Å². The molecule has 0 aromatic heterocycles. The highest BCUT2D eigenvalue weighted by atomic mass is 19.1. The van der Waals surface area contributed by atoms with Gasteiger partial charge in [-0.25, -0.2) is 4.39 Å². The van der Waals surface area contributed by atoms with Crippen LogP contribution in [0.5, 0.6) is 0 Å². The monoisotopic (exact) mass is 131 g/mol. The van der Waals surface area contributed by atoms with E-state index in [4.69, 9.17) is 0 Å². The number of nitrogens with one attached hydrogen (secondary N) is 1. The van der Waals surface area contributed by atoms with Crippen molar-refractivity contribution in [1.29, 1.82) is 0 Å². The van der Waals surface area contributed by atoms with Crippen molar-refractivity contribution in [2.24, 2.45) is 0 Å². The molecule has 1 rings (SSSR count). The molecule has 9 heavy (non-hydrogen) atoms. The second kappa shape index (κ2) is 2.65. The minimum atomic E-state index is -0.891. The lowest BCUT2D eigenvalue weighted by atomic mass is 9.94. The van der Waals surface area contributed by atoms with Gasteiger partial charge in [0.1, 0.15) is 5.67 Å². The van der Waals surface area contributed by atoms with E-state index < -0.39 is 5.67 Å². The molecular weight excluding hydrogens is 117 g/mol. The van der Waals surface area contributed by atoms with Crippen LogP contribution < -0.4 is 5.32 Å². The normalized spacial score (nSPS) is 36.7. The summed E-state index contributed by atoms with van der Waals surface area (Å²) in [5, 5.41) is 3.05. The molecular formula is C7H14FN. The molecule has 1 aliphatic heterocycles. The molecule has 0 bridgehead atoms. The minimum absolute atomic E-state index is 0.559. The highest BCUT2D eigenvalue weighted by Gasteiger charge is 2.28. The molecule has 1 unspecified atom stereocenters. The van der Waals surface area contributed by atoms with Gasteiger partial charge in [-0.2, -0.15) is 0 Å². The fraction of sp³-hybridized carbons (Fsp3) is 1.00. The molecule has 0 saturated carbocycles. The molecule has 1 aliphatic rings. The van der Waals surface area contributed by atoms with Gasteiger partial charge in [-0.15, -0.1) is 0 Å². The van der Waals surface area contributed by atoms with Crippen molar-refractivity contribution in [3.63, 3.8) is 0 Å². The maximum Gasteiger partial charge on any atom is 0.123 e. The van der Waals surface area contributed by atoms with Gasteiger partial charge in [0, 0.05) is 6.54 Å². The molecule has 0 radical (unpaired) electrons. The van der Waals surface area contributed by atoms with E-state index in [1.807, 2.05) is 6.92 Å². The van der Waals surface area contributed by atoms with Crippen LogP contribution in [0.3, 0.4) is 0 Å². The van der Waals surface area contributed by atoms with E-state index in [2.05, 4.69) is 5.32 Å². The standard InChI is InChI=1S/C7H14FN/c1-2-7(8)4-3-5-9-6-7/h9H,2-6H2,1H3. The summed E-state index contributed by atoms with van der Waals surface area (Å²) in [7, 11) is 0. The van der Waals surface area contributed by atoms with Gasteiger partial charge in [0.2, 0.25) is 0 Å². The van der Waals surface area contributed by atoms with E-state index in [9.17, 15) is 4.39 Å². The lowest BCUT2D eigenvalue weighted by Crippen LogP contribution is -2.41. The van der Waals surface area contributed by atoms with E-state index in [0.717, 1.165) is 19.4 Å². The Balaban J connectivity index is 2.37. The summed E-state index contributed by atoms with van der Waals surface area (Å²) in [6, 6.07) is 0. The number of rotatable bonds is 1. The first-order chi connectivity index (χ1) is 4.27. The average molecular weight is 131 g/mol. The molecule has 0 aromatic rings. The Bertz CT molecular complexity index is 86.9. The fourth-order valence-electron chi connectivity index (χ4n) is 1.23. The predicted molar refractivity (Wildman–Crippen MR) is 36.2 cm³/mol. The lowest BCUT2D eigenvalue weighted by Gasteiger charge is -2.28. The minimum Gasteiger partial charge on any atom is -0.314 e. The predicted octanol–water partition coefficient (Wildman–Crippen LogP) is 1.49. The Morgan fingerprint density at radius 3 is 2.78 bits per heavy atom. The van der Waals surface area contributed by atoms with E-state index in [0.29, 0.717) is 13.0 Å². The van der Waals surface area contributed by atoms with E-state index in [1.54, 1.807) is 0 Å². The molecule has 0 spiro atoms. The zero-order valence-corrected chi connectivity index (χ0v) is 5.91. The van der Waals surface area contributed by atoms with Crippen LogP contribution in [0, 0.1) is 0 Å². The van der Waals surface area contributed by atoms with Crippen LogP contribution in [0.25, 0.3) is 0 Å². The molecule has 1 nitrogen and oxygen atoms in total. The van der Waals surface area contributed by atoms with Crippen LogP contribution in [0.4, 0.5) is 4.39 Å². The molecule has 1 atom stereocenters. The largest absolute Gasteiger partial charge is 0.314 e. The van der Waals surface area contributed by atoms with Crippen molar-refractivity contribution in [2.45, 2.75) is 31.9 Å². The molecule has 2 heteroatoms. The van der Waals surface area contributed by atoms with Crippen LogP contribution in [-0.2, 0) is 0 Å². The van der Waals surface area contributed by atoms with E-state index in [1.165, 1.54) is 0 Å². The number of piperidine rings is 1. The molecule has 1 N–H and O–H groups in total. The zero-order valence-electron chi connectivity index (χ0n) is 5.91. The maximum atomic E-state index is 13.2. The lowest BCUT2D eigenvalue weighted by molar-refractivity contribution is 0.117. The van der Waals surface area contributed by atoms with E-state index >= 15 is 0 Å². The van der Waals surface area contributed by atoms with Gasteiger partial charge in [-0.05, 0) is 25.8 Å². The molecule has 0 amide bonds. The van der Waals surface area contributed by atoms with Crippen LogP contribution in [0.1, 0.15) is 26.2 Å². The number of halogens is 1. The zero-order chi connectivity index (χ0) is 6.74. The molecule has 0 aromatic carbocycles. The van der Waals surface area contributed by atoms with Crippen LogP contribution >= 0.6 is 0 Å². The quantitative estimate of drug-likeness (QED) is 0.568. The summed E-state index contributed by atoms with van der Waals surface area (Å²) >= 11 is 0. The Morgan fingerprint density at radius 2 is 2.44 bits per heavy atom. The average Bonchev–Trinajstić information content (AvgIpc) is 1.90. The second-order valence-electron chi connectivity index (χ2n) is 2.78. The van der Waals surface area contributed by atoms with Gasteiger partial charge in [0.25, 0.3) is 0 Å². The SMILES string of the molecule is CCC1(F)CCCNC1. The molecule has 1 fully saturated rings. The first-order valence-electron chi connectivity index (χ1n) is 3.66. The number of hydrogen-bond donors (Lipinski definition) is 1. The first kappa shape index (κ1) is 7.00. The van der Waals surface area contributed by atoms with Gasteiger partial charge in [0.05, 0.1) is 0 Å². The summed E-state index contributed by atoms with van der Waals surface area (Å²) in [6.45, 7) is 3.46. The Morgan fingerprint density at radius 1 is 1.67 bits per heavy atom. The van der Waals surface area contributed by atoms with Gasteiger partial charge in [-0.1, -0.05) is 6.92 Å². The summed E-state index contributed by atoms with van der Waals surface area (Å²) in [5.74, 6) is 0. The highest BCUT2D eigenvalue weighted by molar-refractivity contribution is 4.83. The molecule has 54 valence electrons. The molecule has 1 saturated heterocycles. The molecule has 1 heterocycles. The third-order valence-corrected chi connectivity index (χ3v) is 2.05. The van der Waals surface area contributed by atoms with Crippen LogP contribution in [-0.4, -0.2) is 18.8 Å². The Kier molecular flexibility index (Phi) is 2.06. The highest BCUT2D eigenvalue weighted by Crippen LogP contribution is 2.23. The van der Waals surface area contributed by atoms with Crippen molar-refractivity contribution in [3.05, 3.63) is 0 Å². The topological polar surface area (TPSA) is 12.0 Å². The van der Waals surface area contributed by atoms with Crippen LogP contribution in [0.15, 0.2) is 0 Å². The summed E-state index contributed by atoms with van der Waals surface area (Å²) < 4.78 is 13.2. The Labute approximate surface area is 55.6 Å². The number of alkyl halides is 1. The van der Waals surface area contributed by atoms with Crippen molar-refractivity contribution < 1.29 is 4.39 Å². The van der Waals surface area contributed by atoms with Gasteiger partial charge < -0.3 is 5.32 Å². The van der Waals surface area contributed by atoms with Crippen molar-refractivity contribution in [2.75, 3.05) is 13.1 Å². The Hall–Kier alpha value is -0.110. The van der Waals surface area contributed by atoms with E-state index in [-0.39, 0.29) is 0 Å². The third kappa shape index (κ3) is 1.65. The fourth-order valence-corrected chi connectivity index (χ4v) is 1.23. The van der Waals surface area contributed by atoms with Gasteiger partial charge >= 0.3 is 0 Å². The third-order valence-electron chi connectivity index (χ3n) is 2.05. The summed E-state index contributed by atoms with van der Waals surface area (Å²) in [4.78, 5) is 0. The van der Waals surface area contributed by atoms with Crippen molar-refractivity contribution in [1.82, 2.24) is 5.32 Å². The second-order valence-corrected chi connectivity index (χ2v) is 2.78. The van der Waals surface area contributed by atoms with Crippen molar-refractivity contribution in [3.8, 4) is 0 Å². The summed E-state index contributed by atoms with van der Waals surface area (Å²) in [5.41, 5.74) is -0.891. The van der Waals surface area contributed by atoms with Crippen LogP contribution in [0.2, 0.25) is 0 Å². The smallest absolute Gasteiger partial charge is 0.123 e. The number of hydrogen-bond acceptors (Lipinski definition) is 1. The van der Waals surface area contributed by atoms with Gasteiger partial charge in [-0.3, -0.25) is 0 Å². The van der Waals surface area contributed by atoms with Gasteiger partial charge in [0.15, 0.2) is 0 Å². The first-order valence-corrected chi connectivity index (χ1v) is 3.66. The maximum absolute atomic E-state index is 13.2. The molecule has 0 aliphatic carbocycles.